The summed E-state index contributed by atoms with van der Waals surface area (Å²) in [6, 6.07) is 0. The van der Waals surface area contributed by atoms with E-state index in [-0.39, 0.29) is 0 Å². The maximum Gasteiger partial charge on any atom is 0.0873 e. The topological polar surface area (TPSA) is 9.23 Å². The lowest BCUT2D eigenvalue weighted by molar-refractivity contribution is 0.192. The number of fused-ring (bicyclic) bond motifs is 1. The Morgan fingerprint density at radius 1 is 1.40 bits per heavy atom. The molecule has 0 heterocycles. The van der Waals surface area contributed by atoms with Gasteiger partial charge in [-0.2, -0.15) is 0 Å². The van der Waals surface area contributed by atoms with E-state index in [1.54, 1.807) is 6.26 Å². The van der Waals surface area contributed by atoms with Gasteiger partial charge in [0.05, 0.1) is 12.9 Å². The Bertz CT molecular complexity index is 231. The third kappa shape index (κ3) is 2.87. The van der Waals surface area contributed by atoms with Crippen molar-refractivity contribution in [3.8, 4) is 0 Å². The molecule has 0 spiro atoms. The number of rotatable bonds is 5. The summed E-state index contributed by atoms with van der Waals surface area (Å²) in [5.74, 6) is 2.84. The highest BCUT2D eigenvalue weighted by molar-refractivity contribution is 5.03. The average molecular weight is 206 g/mol. The normalized spacial score (nSPS) is 33.7. The number of allylic oxidation sites excluding steroid dienone is 2. The minimum absolute atomic E-state index is 0.851. The molecule has 0 saturated heterocycles. The van der Waals surface area contributed by atoms with Crippen LogP contribution in [0.3, 0.4) is 0 Å². The standard InChI is InChI=1S/C14H22O/c1-2-15-10-4-5-12-8-9-13-6-3-7-14(13)11-12/h2-3,7,12-14H,1,4-6,8-11H2. The molecule has 2 rings (SSSR count). The summed E-state index contributed by atoms with van der Waals surface area (Å²) in [6.45, 7) is 4.41. The van der Waals surface area contributed by atoms with Crippen molar-refractivity contribution in [1.29, 1.82) is 0 Å². The van der Waals surface area contributed by atoms with Gasteiger partial charge in [0, 0.05) is 0 Å². The highest BCUT2D eigenvalue weighted by Crippen LogP contribution is 2.41. The van der Waals surface area contributed by atoms with Crippen LogP contribution in [-0.2, 0) is 4.74 Å². The first-order valence-corrected chi connectivity index (χ1v) is 6.29. The largest absolute Gasteiger partial charge is 0.502 e. The van der Waals surface area contributed by atoms with Crippen LogP contribution in [-0.4, -0.2) is 6.61 Å². The van der Waals surface area contributed by atoms with E-state index >= 15 is 0 Å². The second kappa shape index (κ2) is 5.39. The summed E-state index contributed by atoms with van der Waals surface area (Å²) >= 11 is 0. The molecule has 2 aliphatic carbocycles. The maximum absolute atomic E-state index is 5.16. The molecule has 1 fully saturated rings. The molecule has 1 saturated carbocycles. The lowest BCUT2D eigenvalue weighted by Crippen LogP contribution is -2.20. The zero-order valence-electron chi connectivity index (χ0n) is 9.53. The van der Waals surface area contributed by atoms with Gasteiger partial charge in [-0.05, 0) is 49.9 Å². The Balaban J connectivity index is 1.66. The first kappa shape index (κ1) is 10.8. The van der Waals surface area contributed by atoms with Crippen LogP contribution in [0.2, 0.25) is 0 Å². The third-order valence-corrected chi connectivity index (χ3v) is 3.97. The molecule has 3 atom stereocenters. The van der Waals surface area contributed by atoms with Crippen molar-refractivity contribution in [3.63, 3.8) is 0 Å². The van der Waals surface area contributed by atoms with Crippen molar-refractivity contribution >= 4 is 0 Å². The van der Waals surface area contributed by atoms with Crippen molar-refractivity contribution in [2.24, 2.45) is 17.8 Å². The summed E-state index contributed by atoms with van der Waals surface area (Å²) in [5.41, 5.74) is 0. The molecule has 15 heavy (non-hydrogen) atoms. The second-order valence-electron chi connectivity index (χ2n) is 4.95. The van der Waals surface area contributed by atoms with Crippen LogP contribution in [0.5, 0.6) is 0 Å². The van der Waals surface area contributed by atoms with Crippen LogP contribution in [0, 0.1) is 17.8 Å². The molecular weight excluding hydrogens is 184 g/mol. The fourth-order valence-corrected chi connectivity index (χ4v) is 3.12. The second-order valence-corrected chi connectivity index (χ2v) is 4.95. The van der Waals surface area contributed by atoms with Gasteiger partial charge in [0.15, 0.2) is 0 Å². The van der Waals surface area contributed by atoms with Crippen molar-refractivity contribution in [3.05, 3.63) is 25.0 Å². The summed E-state index contributed by atoms with van der Waals surface area (Å²) in [5, 5.41) is 0. The number of hydrogen-bond donors (Lipinski definition) is 0. The molecule has 2 aliphatic rings. The minimum atomic E-state index is 0.851. The summed E-state index contributed by atoms with van der Waals surface area (Å²) in [7, 11) is 0. The zero-order valence-corrected chi connectivity index (χ0v) is 9.53. The van der Waals surface area contributed by atoms with Gasteiger partial charge in [-0.15, -0.1) is 0 Å². The van der Waals surface area contributed by atoms with Gasteiger partial charge in [-0.25, -0.2) is 0 Å². The predicted molar refractivity (Wildman–Crippen MR) is 63.5 cm³/mol. The van der Waals surface area contributed by atoms with E-state index in [2.05, 4.69) is 18.7 Å². The predicted octanol–water partition coefficient (Wildman–Crippen LogP) is 3.92. The van der Waals surface area contributed by atoms with Crippen molar-refractivity contribution in [1.82, 2.24) is 0 Å². The van der Waals surface area contributed by atoms with Crippen LogP contribution in [0.1, 0.15) is 38.5 Å². The fraction of sp³-hybridized carbons (Fsp3) is 0.714. The van der Waals surface area contributed by atoms with Crippen molar-refractivity contribution in [2.45, 2.75) is 38.5 Å². The molecule has 0 aromatic carbocycles. The Morgan fingerprint density at radius 2 is 2.33 bits per heavy atom. The van der Waals surface area contributed by atoms with Gasteiger partial charge < -0.3 is 4.74 Å². The van der Waals surface area contributed by atoms with Gasteiger partial charge in [-0.1, -0.05) is 25.2 Å². The first-order chi connectivity index (χ1) is 7.40. The fourth-order valence-electron chi connectivity index (χ4n) is 3.12. The van der Waals surface area contributed by atoms with E-state index in [0.717, 1.165) is 24.4 Å². The van der Waals surface area contributed by atoms with Gasteiger partial charge >= 0.3 is 0 Å². The van der Waals surface area contributed by atoms with Crippen LogP contribution in [0.15, 0.2) is 25.0 Å². The van der Waals surface area contributed by atoms with E-state index in [4.69, 9.17) is 4.74 Å². The average Bonchev–Trinajstić information content (AvgIpc) is 2.71. The van der Waals surface area contributed by atoms with E-state index in [0.29, 0.717) is 0 Å². The lowest BCUT2D eigenvalue weighted by Gasteiger charge is -2.31. The first-order valence-electron chi connectivity index (χ1n) is 6.29. The molecule has 0 amide bonds. The van der Waals surface area contributed by atoms with Crippen LogP contribution in [0.25, 0.3) is 0 Å². The van der Waals surface area contributed by atoms with E-state index in [9.17, 15) is 0 Å². The SMILES string of the molecule is C=COCCCC1CCC2CC=CC2C1. The molecule has 0 aromatic rings. The lowest BCUT2D eigenvalue weighted by atomic mass is 9.74. The van der Waals surface area contributed by atoms with Gasteiger partial charge in [0.25, 0.3) is 0 Å². The van der Waals surface area contributed by atoms with Gasteiger partial charge in [-0.3, -0.25) is 0 Å². The van der Waals surface area contributed by atoms with Crippen LogP contribution >= 0.6 is 0 Å². The third-order valence-electron chi connectivity index (χ3n) is 3.97. The van der Waals surface area contributed by atoms with Gasteiger partial charge in [0.1, 0.15) is 0 Å². The molecule has 0 N–H and O–H groups in total. The zero-order chi connectivity index (χ0) is 10.5. The van der Waals surface area contributed by atoms with Crippen molar-refractivity contribution < 1.29 is 4.74 Å². The Kier molecular flexibility index (Phi) is 3.87. The summed E-state index contributed by atoms with van der Waals surface area (Å²) in [6.07, 6.45) is 14.6. The molecule has 0 radical (unpaired) electrons. The van der Waals surface area contributed by atoms with E-state index in [1.165, 1.54) is 38.5 Å². The highest BCUT2D eigenvalue weighted by atomic mass is 16.5. The molecule has 84 valence electrons. The smallest absolute Gasteiger partial charge is 0.0873 e. The number of hydrogen-bond acceptors (Lipinski definition) is 1. The van der Waals surface area contributed by atoms with Gasteiger partial charge in [0.2, 0.25) is 0 Å². The molecule has 0 aliphatic heterocycles. The Labute approximate surface area is 93.2 Å². The molecule has 1 nitrogen and oxygen atoms in total. The molecular formula is C14H22O. The van der Waals surface area contributed by atoms with Crippen molar-refractivity contribution in [2.75, 3.05) is 6.61 Å². The van der Waals surface area contributed by atoms with Crippen LogP contribution < -0.4 is 0 Å². The molecule has 1 heteroatoms. The maximum atomic E-state index is 5.16. The minimum Gasteiger partial charge on any atom is -0.502 e. The highest BCUT2D eigenvalue weighted by Gasteiger charge is 2.30. The molecule has 0 bridgehead atoms. The monoisotopic (exact) mass is 206 g/mol. The molecule has 0 aromatic heterocycles. The quantitative estimate of drug-likeness (QED) is 0.376. The summed E-state index contributed by atoms with van der Waals surface area (Å²) in [4.78, 5) is 0. The number of ether oxygens (including phenoxy) is 1. The van der Waals surface area contributed by atoms with E-state index in [1.807, 2.05) is 0 Å². The molecule has 3 unspecified atom stereocenters. The van der Waals surface area contributed by atoms with Crippen LogP contribution in [0.4, 0.5) is 0 Å². The Morgan fingerprint density at radius 3 is 3.20 bits per heavy atom. The Hall–Kier alpha value is -0.720. The van der Waals surface area contributed by atoms with E-state index < -0.39 is 0 Å². The summed E-state index contributed by atoms with van der Waals surface area (Å²) < 4.78 is 5.16.